The molecule has 94 valence electrons. The first-order valence-corrected chi connectivity index (χ1v) is 5.69. The Hall–Kier alpha value is -1.10. The molecule has 0 bridgehead atoms. The molecule has 16 heavy (non-hydrogen) atoms. The van der Waals surface area contributed by atoms with Gasteiger partial charge in [-0.1, -0.05) is 13.3 Å². The molecule has 0 aliphatic carbocycles. The van der Waals surface area contributed by atoms with Gasteiger partial charge >= 0.3 is 5.97 Å². The van der Waals surface area contributed by atoms with Gasteiger partial charge < -0.3 is 15.7 Å². The fourth-order valence-electron chi connectivity index (χ4n) is 1.58. The van der Waals surface area contributed by atoms with Gasteiger partial charge in [0.1, 0.15) is 0 Å². The summed E-state index contributed by atoms with van der Waals surface area (Å²) in [4.78, 5) is 23.7. The number of carbonyl (C=O) groups is 2. The van der Waals surface area contributed by atoms with Crippen molar-refractivity contribution >= 4 is 11.9 Å². The lowest BCUT2D eigenvalue weighted by molar-refractivity contribution is -0.138. The minimum Gasteiger partial charge on any atom is -0.481 e. The number of rotatable bonds is 8. The van der Waals surface area contributed by atoms with Crippen molar-refractivity contribution in [2.75, 3.05) is 20.1 Å². The maximum absolute atomic E-state index is 11.8. The second kappa shape index (κ2) is 8.10. The zero-order valence-electron chi connectivity index (χ0n) is 10.1. The van der Waals surface area contributed by atoms with Crippen LogP contribution in [0.15, 0.2) is 0 Å². The van der Waals surface area contributed by atoms with Crippen molar-refractivity contribution in [1.82, 2.24) is 4.90 Å². The summed E-state index contributed by atoms with van der Waals surface area (Å²) in [5.74, 6) is -0.931. The second-order valence-electron chi connectivity index (χ2n) is 3.98. The van der Waals surface area contributed by atoms with Gasteiger partial charge in [-0.3, -0.25) is 9.59 Å². The van der Waals surface area contributed by atoms with Crippen molar-refractivity contribution < 1.29 is 14.7 Å². The lowest BCUT2D eigenvalue weighted by Gasteiger charge is -2.22. The molecular weight excluding hydrogens is 208 g/mol. The normalized spacial score (nSPS) is 12.2. The van der Waals surface area contributed by atoms with Crippen LogP contribution in [0.2, 0.25) is 0 Å². The van der Waals surface area contributed by atoms with Crippen LogP contribution < -0.4 is 5.73 Å². The van der Waals surface area contributed by atoms with Crippen molar-refractivity contribution in [3.63, 3.8) is 0 Å². The first-order valence-electron chi connectivity index (χ1n) is 5.69. The van der Waals surface area contributed by atoms with E-state index in [2.05, 4.69) is 0 Å². The lowest BCUT2D eigenvalue weighted by atomic mass is 10.0. The lowest BCUT2D eigenvalue weighted by Crippen LogP contribution is -2.37. The Labute approximate surface area is 96.6 Å². The Bertz CT molecular complexity index is 231. The first-order chi connectivity index (χ1) is 7.52. The van der Waals surface area contributed by atoms with Crippen molar-refractivity contribution in [3.8, 4) is 0 Å². The quantitative estimate of drug-likeness (QED) is 0.642. The van der Waals surface area contributed by atoms with E-state index in [0.717, 1.165) is 12.8 Å². The van der Waals surface area contributed by atoms with E-state index in [1.54, 1.807) is 11.9 Å². The number of aliphatic carboxylic acids is 1. The number of nitrogens with zero attached hydrogens (tertiary/aromatic N) is 1. The molecule has 0 saturated heterocycles. The molecule has 5 nitrogen and oxygen atoms in total. The van der Waals surface area contributed by atoms with Crippen LogP contribution in [0.4, 0.5) is 0 Å². The van der Waals surface area contributed by atoms with Crippen LogP contribution in [0, 0.1) is 5.92 Å². The molecule has 1 unspecified atom stereocenters. The summed E-state index contributed by atoms with van der Waals surface area (Å²) in [6.07, 6.45) is 2.30. The third kappa shape index (κ3) is 5.70. The average Bonchev–Trinajstić information content (AvgIpc) is 2.24. The van der Waals surface area contributed by atoms with E-state index >= 15 is 0 Å². The van der Waals surface area contributed by atoms with Gasteiger partial charge in [0.15, 0.2) is 0 Å². The van der Waals surface area contributed by atoms with Crippen molar-refractivity contribution in [3.05, 3.63) is 0 Å². The highest BCUT2D eigenvalue weighted by Gasteiger charge is 2.19. The van der Waals surface area contributed by atoms with Crippen LogP contribution in [0.1, 0.15) is 32.6 Å². The molecule has 1 amide bonds. The molecule has 0 rings (SSSR count). The molecule has 0 heterocycles. The van der Waals surface area contributed by atoms with Gasteiger partial charge in [-0.2, -0.15) is 0 Å². The van der Waals surface area contributed by atoms with Gasteiger partial charge in [-0.05, 0) is 12.8 Å². The topological polar surface area (TPSA) is 83.6 Å². The molecule has 0 aliphatic rings. The standard InChI is InChI=1S/C11H22N2O3/c1-3-5-9(8-12)11(16)13(2)7-4-6-10(14)15/h9H,3-8,12H2,1-2H3,(H,14,15). The minimum absolute atomic E-state index is 0.0229. The predicted octanol–water partition coefficient (Wildman–Crippen LogP) is 0.685. The molecular formula is C11H22N2O3. The fraction of sp³-hybridized carbons (Fsp3) is 0.818. The molecule has 1 atom stereocenters. The Morgan fingerprint density at radius 1 is 1.44 bits per heavy atom. The number of carboxylic acids is 1. The fourth-order valence-corrected chi connectivity index (χ4v) is 1.58. The van der Waals surface area contributed by atoms with E-state index in [4.69, 9.17) is 10.8 Å². The van der Waals surface area contributed by atoms with E-state index in [-0.39, 0.29) is 18.2 Å². The first kappa shape index (κ1) is 14.9. The Balaban J connectivity index is 4.00. The largest absolute Gasteiger partial charge is 0.481 e. The summed E-state index contributed by atoms with van der Waals surface area (Å²) in [5.41, 5.74) is 5.53. The molecule has 3 N–H and O–H groups in total. The number of carbonyl (C=O) groups excluding carboxylic acids is 1. The van der Waals surface area contributed by atoms with E-state index < -0.39 is 5.97 Å². The molecule has 0 radical (unpaired) electrons. The van der Waals surface area contributed by atoms with Crippen LogP contribution >= 0.6 is 0 Å². The highest BCUT2D eigenvalue weighted by Crippen LogP contribution is 2.08. The molecule has 0 aromatic carbocycles. The molecule has 0 fully saturated rings. The SMILES string of the molecule is CCCC(CN)C(=O)N(C)CCCC(=O)O. The average molecular weight is 230 g/mol. The zero-order chi connectivity index (χ0) is 12.6. The predicted molar refractivity (Wildman–Crippen MR) is 62.0 cm³/mol. The maximum Gasteiger partial charge on any atom is 0.303 e. The summed E-state index contributed by atoms with van der Waals surface area (Å²) < 4.78 is 0. The van der Waals surface area contributed by atoms with Crippen LogP contribution in [-0.4, -0.2) is 42.0 Å². The van der Waals surface area contributed by atoms with Gasteiger partial charge in [0, 0.05) is 26.6 Å². The second-order valence-corrected chi connectivity index (χ2v) is 3.98. The number of amides is 1. The number of hydrogen-bond donors (Lipinski definition) is 2. The molecule has 0 aromatic rings. The molecule has 0 aromatic heterocycles. The van der Waals surface area contributed by atoms with Gasteiger partial charge in [-0.15, -0.1) is 0 Å². The molecule has 0 saturated carbocycles. The minimum atomic E-state index is -0.829. The van der Waals surface area contributed by atoms with Gasteiger partial charge in [0.05, 0.1) is 5.92 Å². The van der Waals surface area contributed by atoms with E-state index in [1.165, 1.54) is 0 Å². The number of hydrogen-bond acceptors (Lipinski definition) is 3. The van der Waals surface area contributed by atoms with E-state index in [1.807, 2.05) is 6.92 Å². The molecule has 5 heteroatoms. The monoisotopic (exact) mass is 230 g/mol. The summed E-state index contributed by atoms with van der Waals surface area (Å²) in [5, 5.41) is 8.48. The highest BCUT2D eigenvalue weighted by atomic mass is 16.4. The zero-order valence-corrected chi connectivity index (χ0v) is 10.1. The maximum atomic E-state index is 11.8. The Kier molecular flexibility index (Phi) is 7.54. The number of carboxylic acid groups (broad SMARTS) is 1. The summed E-state index contributed by atoms with van der Waals surface area (Å²) in [6, 6.07) is 0. The Morgan fingerprint density at radius 3 is 2.50 bits per heavy atom. The van der Waals surface area contributed by atoms with Crippen LogP contribution in [0.25, 0.3) is 0 Å². The van der Waals surface area contributed by atoms with Gasteiger partial charge in [-0.25, -0.2) is 0 Å². The van der Waals surface area contributed by atoms with Crippen molar-refractivity contribution in [1.29, 1.82) is 0 Å². The van der Waals surface area contributed by atoms with Gasteiger partial charge in [0.25, 0.3) is 0 Å². The van der Waals surface area contributed by atoms with E-state index in [0.29, 0.717) is 19.5 Å². The summed E-state index contributed by atoms with van der Waals surface area (Å²) in [7, 11) is 1.70. The Morgan fingerprint density at radius 2 is 2.06 bits per heavy atom. The van der Waals surface area contributed by atoms with Crippen molar-refractivity contribution in [2.45, 2.75) is 32.6 Å². The third-order valence-electron chi connectivity index (χ3n) is 2.53. The van der Waals surface area contributed by atoms with Crippen LogP contribution in [-0.2, 0) is 9.59 Å². The summed E-state index contributed by atoms with van der Waals surface area (Å²) in [6.45, 7) is 2.85. The van der Waals surface area contributed by atoms with E-state index in [9.17, 15) is 9.59 Å². The highest BCUT2D eigenvalue weighted by molar-refractivity contribution is 5.78. The van der Waals surface area contributed by atoms with Crippen LogP contribution in [0.3, 0.4) is 0 Å². The van der Waals surface area contributed by atoms with Crippen LogP contribution in [0.5, 0.6) is 0 Å². The number of nitrogens with two attached hydrogens (primary N) is 1. The molecule has 0 spiro atoms. The molecule has 0 aliphatic heterocycles. The smallest absolute Gasteiger partial charge is 0.303 e. The van der Waals surface area contributed by atoms with Gasteiger partial charge in [0.2, 0.25) is 5.91 Å². The van der Waals surface area contributed by atoms with Crippen molar-refractivity contribution in [2.24, 2.45) is 11.7 Å². The summed E-state index contributed by atoms with van der Waals surface area (Å²) >= 11 is 0. The third-order valence-corrected chi connectivity index (χ3v) is 2.53.